The van der Waals surface area contributed by atoms with Gasteiger partial charge in [0.1, 0.15) is 5.82 Å². The van der Waals surface area contributed by atoms with Crippen LogP contribution >= 0.6 is 11.3 Å². The lowest BCUT2D eigenvalue weighted by Gasteiger charge is -2.25. The van der Waals surface area contributed by atoms with Crippen LogP contribution in [0.3, 0.4) is 0 Å². The number of alkyl halides is 3. The first-order valence-electron chi connectivity index (χ1n) is 8.72. The standard InChI is InChI=1S/C19H15F4N3OS/c20-14-5-4-12(19(21,22)23)8-13(14)17(27)25-18-26(10-11-2-1-3-11)15-9-24-7-6-16(15)28-18/h4-9,11H,1-3,10H2. The highest BCUT2D eigenvalue weighted by atomic mass is 32.1. The summed E-state index contributed by atoms with van der Waals surface area (Å²) in [4.78, 5) is 20.9. The zero-order valence-corrected chi connectivity index (χ0v) is 15.4. The lowest BCUT2D eigenvalue weighted by molar-refractivity contribution is -0.137. The van der Waals surface area contributed by atoms with Gasteiger partial charge in [-0.05, 0) is 43.0 Å². The van der Waals surface area contributed by atoms with E-state index in [2.05, 4.69) is 9.98 Å². The summed E-state index contributed by atoms with van der Waals surface area (Å²) < 4.78 is 55.5. The van der Waals surface area contributed by atoms with Crippen LogP contribution in [0.15, 0.2) is 41.7 Å². The fraction of sp³-hybridized carbons (Fsp3) is 0.316. The molecule has 1 saturated carbocycles. The van der Waals surface area contributed by atoms with Crippen LogP contribution in [0.2, 0.25) is 0 Å². The number of carbonyl (C=O) groups excluding carboxylic acids is 1. The second-order valence-corrected chi connectivity index (χ2v) is 7.75. The average molecular weight is 409 g/mol. The van der Waals surface area contributed by atoms with Crippen molar-refractivity contribution in [2.45, 2.75) is 32.0 Å². The maximum Gasteiger partial charge on any atom is 0.416 e. The fourth-order valence-electron chi connectivity index (χ4n) is 3.12. The molecule has 1 amide bonds. The van der Waals surface area contributed by atoms with Gasteiger partial charge in [-0.2, -0.15) is 18.2 Å². The minimum Gasteiger partial charge on any atom is -0.315 e. The fourth-order valence-corrected chi connectivity index (χ4v) is 4.13. The van der Waals surface area contributed by atoms with Crippen LogP contribution in [0.1, 0.15) is 35.2 Å². The van der Waals surface area contributed by atoms with Gasteiger partial charge in [-0.3, -0.25) is 9.78 Å². The summed E-state index contributed by atoms with van der Waals surface area (Å²) in [5.41, 5.74) is -0.980. The van der Waals surface area contributed by atoms with Gasteiger partial charge in [0.2, 0.25) is 0 Å². The zero-order valence-electron chi connectivity index (χ0n) is 14.5. The molecule has 9 heteroatoms. The monoisotopic (exact) mass is 409 g/mol. The van der Waals surface area contributed by atoms with Crippen molar-refractivity contribution in [3.63, 3.8) is 0 Å². The van der Waals surface area contributed by atoms with Gasteiger partial charge in [0.25, 0.3) is 5.91 Å². The summed E-state index contributed by atoms with van der Waals surface area (Å²) in [5.74, 6) is -1.61. The molecule has 2 aromatic heterocycles. The number of thiazole rings is 1. The highest BCUT2D eigenvalue weighted by Crippen LogP contribution is 2.31. The van der Waals surface area contributed by atoms with E-state index in [1.54, 1.807) is 18.5 Å². The summed E-state index contributed by atoms with van der Waals surface area (Å²) in [6.07, 6.45) is 1.90. The molecule has 1 fully saturated rings. The molecule has 0 atom stereocenters. The van der Waals surface area contributed by atoms with Crippen LogP contribution in [-0.4, -0.2) is 15.5 Å². The van der Waals surface area contributed by atoms with Gasteiger partial charge in [-0.25, -0.2) is 4.39 Å². The molecule has 0 unspecified atom stereocenters. The van der Waals surface area contributed by atoms with E-state index < -0.39 is 29.0 Å². The average Bonchev–Trinajstić information content (AvgIpc) is 2.94. The van der Waals surface area contributed by atoms with E-state index in [0.29, 0.717) is 35.5 Å². The highest BCUT2D eigenvalue weighted by molar-refractivity contribution is 7.16. The van der Waals surface area contributed by atoms with Gasteiger partial charge >= 0.3 is 6.18 Å². The van der Waals surface area contributed by atoms with Gasteiger partial charge < -0.3 is 4.57 Å². The Labute approximate surface area is 161 Å². The summed E-state index contributed by atoms with van der Waals surface area (Å²) >= 11 is 1.23. The predicted octanol–water partition coefficient (Wildman–Crippen LogP) is 4.80. The minimum atomic E-state index is -4.67. The molecule has 0 saturated heterocycles. The van der Waals surface area contributed by atoms with Crippen LogP contribution in [0, 0.1) is 11.7 Å². The molecule has 0 N–H and O–H groups in total. The number of hydrogen-bond acceptors (Lipinski definition) is 3. The van der Waals surface area contributed by atoms with Crippen LogP contribution < -0.4 is 4.80 Å². The first-order chi connectivity index (χ1) is 13.3. The van der Waals surface area contributed by atoms with Crippen LogP contribution in [0.4, 0.5) is 17.6 Å². The number of benzene rings is 1. The summed E-state index contributed by atoms with van der Waals surface area (Å²) in [7, 11) is 0. The number of hydrogen-bond donors (Lipinski definition) is 0. The number of halogens is 4. The second kappa shape index (κ2) is 7.12. The third kappa shape index (κ3) is 3.58. The van der Waals surface area contributed by atoms with E-state index in [-0.39, 0.29) is 0 Å². The van der Waals surface area contributed by atoms with E-state index >= 15 is 0 Å². The number of pyridine rings is 1. The normalized spacial score (nSPS) is 15.8. The molecule has 0 aliphatic heterocycles. The van der Waals surface area contributed by atoms with E-state index in [0.717, 1.165) is 29.5 Å². The van der Waals surface area contributed by atoms with Gasteiger partial charge in [-0.1, -0.05) is 17.8 Å². The third-order valence-corrected chi connectivity index (χ3v) is 5.93. The van der Waals surface area contributed by atoms with Crippen LogP contribution in [0.5, 0.6) is 0 Å². The molecule has 2 heterocycles. The second-order valence-electron chi connectivity index (χ2n) is 6.74. The zero-order chi connectivity index (χ0) is 19.9. The Bertz CT molecular complexity index is 1110. The maximum atomic E-state index is 14.0. The SMILES string of the molecule is O=C(N=c1sc2ccncc2n1CC1CCC1)c1cc(C(F)(F)F)ccc1F. The van der Waals surface area contributed by atoms with Gasteiger partial charge in [0, 0.05) is 12.7 Å². The Morgan fingerprint density at radius 3 is 2.75 bits per heavy atom. The largest absolute Gasteiger partial charge is 0.416 e. The molecule has 1 aliphatic rings. The highest BCUT2D eigenvalue weighted by Gasteiger charge is 2.32. The van der Waals surface area contributed by atoms with Crippen molar-refractivity contribution in [1.29, 1.82) is 0 Å². The molecule has 4 nitrogen and oxygen atoms in total. The molecule has 0 bridgehead atoms. The quantitative estimate of drug-likeness (QED) is 0.584. The third-order valence-electron chi connectivity index (χ3n) is 4.87. The van der Waals surface area contributed by atoms with E-state index in [9.17, 15) is 22.4 Å². The number of rotatable bonds is 3. The van der Waals surface area contributed by atoms with E-state index in [1.807, 2.05) is 4.57 Å². The van der Waals surface area contributed by atoms with Crippen molar-refractivity contribution in [1.82, 2.24) is 9.55 Å². The first-order valence-corrected chi connectivity index (χ1v) is 9.54. The molecule has 0 spiro atoms. The van der Waals surface area contributed by atoms with E-state index in [1.165, 1.54) is 11.3 Å². The number of aromatic nitrogens is 2. The van der Waals surface area contributed by atoms with Crippen molar-refractivity contribution in [3.8, 4) is 0 Å². The maximum absolute atomic E-state index is 14.0. The smallest absolute Gasteiger partial charge is 0.315 e. The molecule has 4 rings (SSSR count). The topological polar surface area (TPSA) is 47.2 Å². The number of carbonyl (C=O) groups is 1. The van der Waals surface area contributed by atoms with Crippen molar-refractivity contribution in [2.24, 2.45) is 10.9 Å². The van der Waals surface area contributed by atoms with Crippen molar-refractivity contribution in [2.75, 3.05) is 0 Å². The first kappa shape index (κ1) is 18.8. The molecule has 146 valence electrons. The predicted molar refractivity (Wildman–Crippen MR) is 96.2 cm³/mol. The molecule has 0 radical (unpaired) electrons. The Morgan fingerprint density at radius 2 is 2.07 bits per heavy atom. The van der Waals surface area contributed by atoms with Crippen molar-refractivity contribution in [3.05, 3.63) is 58.4 Å². The number of fused-ring (bicyclic) bond motifs is 1. The van der Waals surface area contributed by atoms with Crippen molar-refractivity contribution < 1.29 is 22.4 Å². The molecule has 1 aliphatic carbocycles. The Kier molecular flexibility index (Phi) is 4.78. The molecular formula is C19H15F4N3OS. The van der Waals surface area contributed by atoms with Gasteiger partial charge in [0.15, 0.2) is 4.80 Å². The summed E-state index contributed by atoms with van der Waals surface area (Å²) in [6.45, 7) is 0.642. The molecule has 28 heavy (non-hydrogen) atoms. The summed E-state index contributed by atoms with van der Waals surface area (Å²) in [5, 5.41) is 0. The Morgan fingerprint density at radius 1 is 1.29 bits per heavy atom. The lowest BCUT2D eigenvalue weighted by atomic mass is 9.85. The van der Waals surface area contributed by atoms with E-state index in [4.69, 9.17) is 0 Å². The van der Waals surface area contributed by atoms with Gasteiger partial charge in [-0.15, -0.1) is 0 Å². The Balaban J connectivity index is 1.79. The molecular weight excluding hydrogens is 394 g/mol. The van der Waals surface area contributed by atoms with Crippen molar-refractivity contribution >= 4 is 27.5 Å². The van der Waals surface area contributed by atoms with Gasteiger partial charge in [0.05, 0.1) is 27.5 Å². The molecule has 1 aromatic carbocycles. The lowest BCUT2D eigenvalue weighted by Crippen LogP contribution is -2.25. The van der Waals surface area contributed by atoms with Crippen LogP contribution in [0.25, 0.3) is 10.2 Å². The summed E-state index contributed by atoms with van der Waals surface area (Å²) in [6, 6.07) is 3.54. The van der Waals surface area contributed by atoms with Crippen LogP contribution in [-0.2, 0) is 12.7 Å². The number of nitrogens with zero attached hydrogens (tertiary/aromatic N) is 3. The minimum absolute atomic E-state index is 0.330. The molecule has 3 aromatic rings. The number of amides is 1. The Hall–Kier alpha value is -2.55.